The van der Waals surface area contributed by atoms with E-state index in [0.717, 1.165) is 37.8 Å². The van der Waals surface area contributed by atoms with Crippen LogP contribution in [0.1, 0.15) is 60.1 Å². The highest BCUT2D eigenvalue weighted by molar-refractivity contribution is 5.97. The molecule has 2 aromatic rings. The van der Waals surface area contributed by atoms with Crippen molar-refractivity contribution in [3.8, 4) is 11.3 Å². The Hall–Kier alpha value is -2.39. The number of halogens is 4. The van der Waals surface area contributed by atoms with Crippen LogP contribution in [0.3, 0.4) is 0 Å². The molecule has 1 aromatic carbocycles. The summed E-state index contributed by atoms with van der Waals surface area (Å²) in [4.78, 5) is 13.1. The van der Waals surface area contributed by atoms with Gasteiger partial charge in [0.2, 0.25) is 0 Å². The normalized spacial score (nSPS) is 23.6. The monoisotopic (exact) mass is 468 g/mol. The van der Waals surface area contributed by atoms with Crippen LogP contribution in [0, 0.1) is 12.7 Å². The Kier molecular flexibility index (Phi) is 6.81. The summed E-state index contributed by atoms with van der Waals surface area (Å²) in [5.41, 5.74) is -0.223. The zero-order chi connectivity index (χ0) is 23.8. The molecule has 2 N–H and O–H groups in total. The van der Waals surface area contributed by atoms with Gasteiger partial charge in [0.25, 0.3) is 5.91 Å². The van der Waals surface area contributed by atoms with Gasteiger partial charge in [-0.3, -0.25) is 4.79 Å². The standard InChI is InChI=1S/C24H28F4N2O3/c1-14-17(23(32)29-20-6-2-3-7-22(20)31)12-21(30(14)13-16-5-4-10-33-16)18-11-15(24(26,27)28)8-9-19(18)25/h8-9,11-12,16,20,22,31H,2-7,10,13H2,1H3,(H,29,32)/t16-,20+,22+/m0/s1. The van der Waals surface area contributed by atoms with Gasteiger partial charge in [-0.1, -0.05) is 12.8 Å². The number of carbonyl (C=O) groups excluding carboxylic acids is 1. The predicted octanol–water partition coefficient (Wildman–Crippen LogP) is 4.83. The van der Waals surface area contributed by atoms with E-state index in [2.05, 4.69) is 5.32 Å². The smallest absolute Gasteiger partial charge is 0.391 e. The number of aliphatic hydroxyl groups excluding tert-OH is 1. The van der Waals surface area contributed by atoms with Crippen molar-refractivity contribution in [2.75, 3.05) is 6.61 Å². The molecule has 2 fully saturated rings. The molecule has 1 amide bonds. The number of benzene rings is 1. The van der Waals surface area contributed by atoms with Gasteiger partial charge >= 0.3 is 6.18 Å². The fourth-order valence-electron chi connectivity index (χ4n) is 4.75. The van der Waals surface area contributed by atoms with Crippen LogP contribution in [0.4, 0.5) is 17.6 Å². The predicted molar refractivity (Wildman–Crippen MR) is 114 cm³/mol. The van der Waals surface area contributed by atoms with Crippen LogP contribution in [-0.4, -0.2) is 40.4 Å². The molecule has 3 atom stereocenters. The molecule has 0 bridgehead atoms. The minimum atomic E-state index is -4.62. The van der Waals surface area contributed by atoms with Crippen LogP contribution in [0.2, 0.25) is 0 Å². The molecule has 1 aliphatic carbocycles. The number of ether oxygens (including phenoxy) is 1. The van der Waals surface area contributed by atoms with Crippen molar-refractivity contribution in [2.24, 2.45) is 0 Å². The summed E-state index contributed by atoms with van der Waals surface area (Å²) < 4.78 is 62.1. The number of amides is 1. The van der Waals surface area contributed by atoms with Crippen LogP contribution in [0.25, 0.3) is 11.3 Å². The average molecular weight is 468 g/mol. The number of alkyl halides is 3. The lowest BCUT2D eigenvalue weighted by Crippen LogP contribution is -2.45. The van der Waals surface area contributed by atoms with Gasteiger partial charge in [0.1, 0.15) is 5.82 Å². The first kappa shape index (κ1) is 23.8. The van der Waals surface area contributed by atoms with Gasteiger partial charge in [-0.05, 0) is 56.9 Å². The topological polar surface area (TPSA) is 63.5 Å². The van der Waals surface area contributed by atoms with Crippen LogP contribution >= 0.6 is 0 Å². The van der Waals surface area contributed by atoms with Crippen molar-refractivity contribution in [3.63, 3.8) is 0 Å². The van der Waals surface area contributed by atoms with E-state index in [0.29, 0.717) is 37.8 Å². The van der Waals surface area contributed by atoms with E-state index >= 15 is 0 Å². The Bertz CT molecular complexity index is 1010. The molecule has 5 nitrogen and oxygen atoms in total. The van der Waals surface area contributed by atoms with E-state index in [4.69, 9.17) is 4.74 Å². The number of aromatic nitrogens is 1. The van der Waals surface area contributed by atoms with E-state index in [-0.39, 0.29) is 29.0 Å². The number of nitrogens with one attached hydrogen (secondary N) is 1. The molecule has 1 saturated carbocycles. The van der Waals surface area contributed by atoms with Gasteiger partial charge in [0.05, 0.1) is 35.1 Å². The van der Waals surface area contributed by atoms with Crippen molar-refractivity contribution in [1.29, 1.82) is 0 Å². The molecule has 0 spiro atoms. The van der Waals surface area contributed by atoms with Crippen LogP contribution in [-0.2, 0) is 17.5 Å². The SMILES string of the molecule is Cc1c(C(=O)N[C@@H]2CCCC[C@H]2O)cc(-c2cc(C(F)(F)F)ccc2F)n1C[C@@H]1CCCO1. The maximum Gasteiger partial charge on any atom is 0.416 e. The van der Waals surface area contributed by atoms with E-state index in [9.17, 15) is 27.5 Å². The lowest BCUT2D eigenvalue weighted by atomic mass is 9.92. The molecular formula is C24H28F4N2O3. The third kappa shape index (κ3) is 5.09. The summed E-state index contributed by atoms with van der Waals surface area (Å²) in [7, 11) is 0. The van der Waals surface area contributed by atoms with Gasteiger partial charge in [-0.15, -0.1) is 0 Å². The highest BCUT2D eigenvalue weighted by Crippen LogP contribution is 2.36. The Morgan fingerprint density at radius 2 is 1.94 bits per heavy atom. The molecule has 9 heteroatoms. The fraction of sp³-hybridized carbons (Fsp3) is 0.542. The quantitative estimate of drug-likeness (QED) is 0.618. The molecule has 180 valence electrons. The first-order valence-electron chi connectivity index (χ1n) is 11.3. The van der Waals surface area contributed by atoms with Crippen LogP contribution < -0.4 is 5.32 Å². The van der Waals surface area contributed by atoms with Gasteiger partial charge in [0, 0.05) is 24.4 Å². The molecule has 0 unspecified atom stereocenters. The number of hydrogen-bond acceptors (Lipinski definition) is 3. The van der Waals surface area contributed by atoms with E-state index in [1.165, 1.54) is 6.07 Å². The highest BCUT2D eigenvalue weighted by atomic mass is 19.4. The molecule has 2 aliphatic rings. The summed E-state index contributed by atoms with van der Waals surface area (Å²) in [5.74, 6) is -1.23. The van der Waals surface area contributed by atoms with Gasteiger partial charge in [-0.25, -0.2) is 4.39 Å². The van der Waals surface area contributed by atoms with Gasteiger partial charge < -0.3 is 19.7 Å². The largest absolute Gasteiger partial charge is 0.416 e. The maximum absolute atomic E-state index is 14.8. The Balaban J connectivity index is 1.73. The Labute approximate surface area is 189 Å². The summed E-state index contributed by atoms with van der Waals surface area (Å²) >= 11 is 0. The molecule has 33 heavy (non-hydrogen) atoms. The number of hydrogen-bond donors (Lipinski definition) is 2. The number of rotatable bonds is 5. The molecule has 1 saturated heterocycles. The zero-order valence-corrected chi connectivity index (χ0v) is 18.4. The van der Waals surface area contributed by atoms with Crippen LogP contribution in [0.15, 0.2) is 24.3 Å². The second-order valence-corrected chi connectivity index (χ2v) is 8.90. The van der Waals surface area contributed by atoms with E-state index in [1.54, 1.807) is 11.5 Å². The number of carbonyl (C=O) groups is 1. The summed E-state index contributed by atoms with van der Waals surface area (Å²) in [6.45, 7) is 2.58. The van der Waals surface area contributed by atoms with Gasteiger partial charge in [0.15, 0.2) is 0 Å². The lowest BCUT2D eigenvalue weighted by molar-refractivity contribution is -0.137. The van der Waals surface area contributed by atoms with Crippen LogP contribution in [0.5, 0.6) is 0 Å². The second-order valence-electron chi connectivity index (χ2n) is 8.90. The Morgan fingerprint density at radius 1 is 1.18 bits per heavy atom. The second kappa shape index (κ2) is 9.46. The van der Waals surface area contributed by atoms with Crippen molar-refractivity contribution in [2.45, 2.75) is 76.4 Å². The average Bonchev–Trinajstić information content (AvgIpc) is 3.38. The summed E-state index contributed by atoms with van der Waals surface area (Å²) in [6.07, 6.45) is -0.755. The third-order valence-electron chi connectivity index (χ3n) is 6.64. The maximum atomic E-state index is 14.8. The molecule has 4 rings (SSSR count). The zero-order valence-electron chi connectivity index (χ0n) is 18.4. The van der Waals surface area contributed by atoms with Crippen molar-refractivity contribution in [3.05, 3.63) is 46.9 Å². The third-order valence-corrected chi connectivity index (χ3v) is 6.64. The molecule has 2 heterocycles. The van der Waals surface area contributed by atoms with E-state index < -0.39 is 29.6 Å². The van der Waals surface area contributed by atoms with E-state index in [1.807, 2.05) is 0 Å². The van der Waals surface area contributed by atoms with Crippen molar-refractivity contribution < 1.29 is 32.2 Å². The first-order valence-corrected chi connectivity index (χ1v) is 11.3. The molecule has 0 radical (unpaired) electrons. The minimum Gasteiger partial charge on any atom is -0.391 e. The van der Waals surface area contributed by atoms with Crippen molar-refractivity contribution in [1.82, 2.24) is 9.88 Å². The lowest BCUT2D eigenvalue weighted by Gasteiger charge is -2.28. The number of aliphatic hydroxyl groups is 1. The first-order chi connectivity index (χ1) is 15.6. The summed E-state index contributed by atoms with van der Waals surface area (Å²) in [6, 6.07) is 3.34. The molecular weight excluding hydrogens is 440 g/mol. The van der Waals surface area contributed by atoms with Crippen molar-refractivity contribution >= 4 is 5.91 Å². The fourth-order valence-corrected chi connectivity index (χ4v) is 4.75. The Morgan fingerprint density at radius 3 is 2.61 bits per heavy atom. The van der Waals surface area contributed by atoms with Gasteiger partial charge in [-0.2, -0.15) is 13.2 Å². The molecule has 1 aromatic heterocycles. The molecule has 1 aliphatic heterocycles. The highest BCUT2D eigenvalue weighted by Gasteiger charge is 2.33. The number of nitrogens with zero attached hydrogens (tertiary/aromatic N) is 1. The summed E-state index contributed by atoms with van der Waals surface area (Å²) in [5, 5.41) is 13.1. The minimum absolute atomic E-state index is 0.167.